The second kappa shape index (κ2) is 5.95. The number of piperazine rings is 1. The van der Waals surface area contributed by atoms with Gasteiger partial charge in [-0.25, -0.2) is 9.97 Å². The molecule has 1 unspecified atom stereocenters. The number of fused-ring (bicyclic) bond motifs is 1. The maximum absolute atomic E-state index is 11.2. The second-order valence-corrected chi connectivity index (χ2v) is 6.03. The Morgan fingerprint density at radius 2 is 2.14 bits per heavy atom. The van der Waals surface area contributed by atoms with Gasteiger partial charge in [0.1, 0.15) is 18.2 Å². The highest BCUT2D eigenvalue weighted by atomic mass is 32.1. The lowest BCUT2D eigenvalue weighted by Gasteiger charge is -2.38. The van der Waals surface area contributed by atoms with E-state index in [0.29, 0.717) is 6.42 Å². The number of hydrogen-bond donors (Lipinski definition) is 1. The third-order valence-corrected chi connectivity index (χ3v) is 4.85. The van der Waals surface area contributed by atoms with E-state index in [1.54, 1.807) is 17.7 Å². The van der Waals surface area contributed by atoms with E-state index >= 15 is 0 Å². The summed E-state index contributed by atoms with van der Waals surface area (Å²) in [7, 11) is 0. The molecule has 6 nitrogen and oxygen atoms in total. The van der Waals surface area contributed by atoms with E-state index in [2.05, 4.69) is 14.9 Å². The van der Waals surface area contributed by atoms with Crippen molar-refractivity contribution >= 4 is 33.3 Å². The van der Waals surface area contributed by atoms with Gasteiger partial charge in [-0.05, 0) is 17.9 Å². The van der Waals surface area contributed by atoms with E-state index in [4.69, 9.17) is 0 Å². The van der Waals surface area contributed by atoms with Gasteiger partial charge in [0.05, 0.1) is 10.2 Å². The SMILES string of the molecule is CCC(C(=O)O)N1CCN(c2ncnc3ccsc23)CC1. The molecule has 7 heteroatoms. The summed E-state index contributed by atoms with van der Waals surface area (Å²) in [5, 5.41) is 11.3. The van der Waals surface area contributed by atoms with Crippen molar-refractivity contribution in [1.82, 2.24) is 14.9 Å². The minimum Gasteiger partial charge on any atom is -0.480 e. The number of nitrogens with zero attached hydrogens (tertiary/aromatic N) is 4. The highest BCUT2D eigenvalue weighted by Gasteiger charge is 2.28. The van der Waals surface area contributed by atoms with E-state index in [1.807, 2.05) is 23.3 Å². The Morgan fingerprint density at radius 3 is 2.81 bits per heavy atom. The second-order valence-electron chi connectivity index (χ2n) is 5.12. The number of carboxylic acids is 1. The fourth-order valence-electron chi connectivity index (χ4n) is 2.84. The molecule has 21 heavy (non-hydrogen) atoms. The summed E-state index contributed by atoms with van der Waals surface area (Å²) >= 11 is 1.65. The zero-order chi connectivity index (χ0) is 14.8. The van der Waals surface area contributed by atoms with Gasteiger partial charge in [0.2, 0.25) is 0 Å². The van der Waals surface area contributed by atoms with Crippen LogP contribution in [-0.4, -0.2) is 58.2 Å². The molecule has 2 aromatic rings. The van der Waals surface area contributed by atoms with Crippen molar-refractivity contribution < 1.29 is 9.90 Å². The van der Waals surface area contributed by atoms with Crippen molar-refractivity contribution in [1.29, 1.82) is 0 Å². The van der Waals surface area contributed by atoms with Crippen molar-refractivity contribution in [3.63, 3.8) is 0 Å². The summed E-state index contributed by atoms with van der Waals surface area (Å²) < 4.78 is 1.11. The van der Waals surface area contributed by atoms with Gasteiger partial charge in [-0.1, -0.05) is 6.92 Å². The summed E-state index contributed by atoms with van der Waals surface area (Å²) in [6.07, 6.45) is 2.24. The van der Waals surface area contributed by atoms with Crippen LogP contribution in [0, 0.1) is 0 Å². The lowest BCUT2D eigenvalue weighted by molar-refractivity contribution is -0.143. The van der Waals surface area contributed by atoms with E-state index in [-0.39, 0.29) is 6.04 Å². The molecule has 0 aromatic carbocycles. The third-order valence-electron chi connectivity index (χ3n) is 3.95. The van der Waals surface area contributed by atoms with Gasteiger partial charge in [-0.15, -0.1) is 11.3 Å². The highest BCUT2D eigenvalue weighted by Crippen LogP contribution is 2.28. The largest absolute Gasteiger partial charge is 0.480 e. The van der Waals surface area contributed by atoms with Crippen molar-refractivity contribution in [3.8, 4) is 0 Å². The normalized spacial score (nSPS) is 18.0. The standard InChI is InChI=1S/C14H18N4O2S/c1-2-11(14(19)20)17-4-6-18(7-5-17)13-12-10(3-8-21-12)15-9-16-13/h3,8-9,11H,2,4-7H2,1H3,(H,19,20). The Bertz CT molecular complexity index is 637. The lowest BCUT2D eigenvalue weighted by Crippen LogP contribution is -2.52. The van der Waals surface area contributed by atoms with Crippen LogP contribution in [0.1, 0.15) is 13.3 Å². The molecule has 1 aliphatic heterocycles. The Hall–Kier alpha value is -1.73. The van der Waals surface area contributed by atoms with Crippen LogP contribution in [0.2, 0.25) is 0 Å². The van der Waals surface area contributed by atoms with Crippen molar-refractivity contribution in [2.45, 2.75) is 19.4 Å². The zero-order valence-corrected chi connectivity index (χ0v) is 12.7. The maximum atomic E-state index is 11.2. The Labute approximate surface area is 127 Å². The summed E-state index contributed by atoms with van der Waals surface area (Å²) in [5.74, 6) is 0.242. The van der Waals surface area contributed by atoms with Crippen LogP contribution in [0.4, 0.5) is 5.82 Å². The number of anilines is 1. The quantitative estimate of drug-likeness (QED) is 0.927. The maximum Gasteiger partial charge on any atom is 0.320 e. The first-order valence-electron chi connectivity index (χ1n) is 7.10. The highest BCUT2D eigenvalue weighted by molar-refractivity contribution is 7.17. The van der Waals surface area contributed by atoms with Gasteiger partial charge in [0, 0.05) is 26.2 Å². The smallest absolute Gasteiger partial charge is 0.320 e. The minimum atomic E-state index is -0.728. The topological polar surface area (TPSA) is 69.6 Å². The van der Waals surface area contributed by atoms with Gasteiger partial charge in [-0.2, -0.15) is 0 Å². The molecule has 0 saturated carbocycles. The number of aromatic nitrogens is 2. The predicted octanol–water partition coefficient (Wildman–Crippen LogP) is 1.68. The molecule has 0 spiro atoms. The van der Waals surface area contributed by atoms with Gasteiger partial charge in [-0.3, -0.25) is 9.69 Å². The van der Waals surface area contributed by atoms with E-state index < -0.39 is 5.97 Å². The molecule has 3 heterocycles. The number of hydrogen-bond acceptors (Lipinski definition) is 6. The van der Waals surface area contributed by atoms with Gasteiger partial charge < -0.3 is 10.0 Å². The van der Waals surface area contributed by atoms with E-state index in [1.165, 1.54) is 0 Å². The molecular formula is C14H18N4O2S. The fourth-order valence-corrected chi connectivity index (χ4v) is 3.70. The number of thiophene rings is 1. The van der Waals surface area contributed by atoms with Crippen LogP contribution in [-0.2, 0) is 4.79 Å². The lowest BCUT2D eigenvalue weighted by atomic mass is 10.1. The first-order valence-corrected chi connectivity index (χ1v) is 7.98. The molecule has 112 valence electrons. The molecule has 1 atom stereocenters. The molecule has 3 rings (SSSR count). The van der Waals surface area contributed by atoms with Gasteiger partial charge in [0.25, 0.3) is 0 Å². The Morgan fingerprint density at radius 1 is 1.38 bits per heavy atom. The average molecular weight is 306 g/mol. The first-order chi connectivity index (χ1) is 10.2. The first kappa shape index (κ1) is 14.2. The number of rotatable bonds is 4. The van der Waals surface area contributed by atoms with E-state index in [0.717, 1.165) is 42.2 Å². The molecule has 0 amide bonds. The van der Waals surface area contributed by atoms with Crippen molar-refractivity contribution in [2.75, 3.05) is 31.1 Å². The van der Waals surface area contributed by atoms with Crippen LogP contribution in [0.5, 0.6) is 0 Å². The monoisotopic (exact) mass is 306 g/mol. The van der Waals surface area contributed by atoms with E-state index in [9.17, 15) is 9.90 Å². The average Bonchev–Trinajstić information content (AvgIpc) is 2.97. The minimum absolute atomic E-state index is 0.376. The van der Waals surface area contributed by atoms with Crippen LogP contribution in [0.3, 0.4) is 0 Å². The summed E-state index contributed by atoms with van der Waals surface area (Å²) in [4.78, 5) is 24.2. The van der Waals surface area contributed by atoms with Crippen molar-refractivity contribution in [2.24, 2.45) is 0 Å². The van der Waals surface area contributed by atoms with Gasteiger partial charge in [0.15, 0.2) is 0 Å². The van der Waals surface area contributed by atoms with Crippen LogP contribution >= 0.6 is 11.3 Å². The summed E-state index contributed by atoms with van der Waals surface area (Å²) in [6.45, 7) is 5.02. The molecule has 2 aromatic heterocycles. The Kier molecular flexibility index (Phi) is 4.03. The van der Waals surface area contributed by atoms with Crippen LogP contribution in [0.25, 0.3) is 10.2 Å². The van der Waals surface area contributed by atoms with Crippen LogP contribution < -0.4 is 4.90 Å². The molecule has 1 fully saturated rings. The van der Waals surface area contributed by atoms with Gasteiger partial charge >= 0.3 is 5.97 Å². The molecule has 0 radical (unpaired) electrons. The third kappa shape index (κ3) is 2.71. The zero-order valence-electron chi connectivity index (χ0n) is 11.9. The fraction of sp³-hybridized carbons (Fsp3) is 0.500. The Balaban J connectivity index is 1.74. The molecule has 1 N–H and O–H groups in total. The summed E-state index contributed by atoms with van der Waals surface area (Å²) in [6, 6.07) is 1.62. The molecule has 0 bridgehead atoms. The number of carboxylic acid groups (broad SMARTS) is 1. The summed E-state index contributed by atoms with van der Waals surface area (Å²) in [5.41, 5.74) is 0.976. The number of aliphatic carboxylic acids is 1. The molecule has 0 aliphatic carbocycles. The molecule has 1 aliphatic rings. The molecule has 1 saturated heterocycles. The molecular weight excluding hydrogens is 288 g/mol. The van der Waals surface area contributed by atoms with Crippen LogP contribution in [0.15, 0.2) is 17.8 Å². The predicted molar refractivity (Wildman–Crippen MR) is 82.9 cm³/mol. The number of carbonyl (C=O) groups is 1. The van der Waals surface area contributed by atoms with Crippen molar-refractivity contribution in [3.05, 3.63) is 17.8 Å².